The maximum atomic E-state index is 13.6. The number of hydrogen-bond acceptors (Lipinski definition) is 6. The number of aryl methyl sites for hydroxylation is 1. The average Bonchev–Trinajstić information content (AvgIpc) is 3.46. The summed E-state index contributed by atoms with van der Waals surface area (Å²) in [5, 5.41) is 9.34. The van der Waals surface area contributed by atoms with Crippen molar-refractivity contribution in [3.05, 3.63) is 83.3 Å². The highest BCUT2D eigenvalue weighted by Crippen LogP contribution is 2.36. The first-order valence-corrected chi connectivity index (χ1v) is 11.9. The van der Waals surface area contributed by atoms with Gasteiger partial charge in [-0.2, -0.15) is 0 Å². The molecule has 1 aromatic heterocycles. The normalized spacial score (nSPS) is 18.6. The number of carbonyl (C=O) groups excluding carboxylic acids is 1. The maximum Gasteiger partial charge on any atom is 0.279 e. The third kappa shape index (κ3) is 4.49. The summed E-state index contributed by atoms with van der Waals surface area (Å²) in [6.45, 7) is 3.26. The Labute approximate surface area is 209 Å². The number of benzene rings is 2. The number of halogens is 1. The van der Waals surface area contributed by atoms with Crippen LogP contribution in [0.4, 0.5) is 4.39 Å². The molecule has 3 heterocycles. The van der Waals surface area contributed by atoms with Crippen LogP contribution in [0.25, 0.3) is 11.8 Å². The van der Waals surface area contributed by atoms with Gasteiger partial charge >= 0.3 is 0 Å². The van der Waals surface area contributed by atoms with E-state index in [1.807, 2.05) is 40.8 Å². The molecule has 9 heteroatoms. The van der Waals surface area contributed by atoms with E-state index in [0.29, 0.717) is 43.3 Å². The highest BCUT2D eigenvalue weighted by Gasteiger charge is 2.42. The van der Waals surface area contributed by atoms with Crippen molar-refractivity contribution in [2.45, 2.75) is 25.8 Å². The van der Waals surface area contributed by atoms with Gasteiger partial charge in [0.2, 0.25) is 5.96 Å². The number of hydrogen-bond donors (Lipinski definition) is 1. The first-order chi connectivity index (χ1) is 17.5. The molecule has 0 unspecified atom stereocenters. The van der Waals surface area contributed by atoms with Crippen LogP contribution in [0.2, 0.25) is 0 Å². The highest BCUT2D eigenvalue weighted by molar-refractivity contribution is 6.14. The number of aromatic nitrogens is 2. The van der Waals surface area contributed by atoms with Crippen LogP contribution in [-0.4, -0.2) is 63.1 Å². The van der Waals surface area contributed by atoms with Gasteiger partial charge < -0.3 is 19.3 Å². The molecule has 2 aliphatic heterocycles. The van der Waals surface area contributed by atoms with E-state index >= 15 is 0 Å². The van der Waals surface area contributed by atoms with Crippen LogP contribution in [0.1, 0.15) is 35.7 Å². The molecule has 1 fully saturated rings. The van der Waals surface area contributed by atoms with Crippen LogP contribution in [0.3, 0.4) is 0 Å². The predicted molar refractivity (Wildman–Crippen MR) is 134 cm³/mol. The van der Waals surface area contributed by atoms with Gasteiger partial charge in [0.15, 0.2) is 0 Å². The number of nitrogens with zero attached hydrogens (tertiary/aromatic N) is 5. The van der Waals surface area contributed by atoms with E-state index < -0.39 is 0 Å². The summed E-state index contributed by atoms with van der Waals surface area (Å²) in [6.07, 6.45) is 6.66. The van der Waals surface area contributed by atoms with Gasteiger partial charge in [0.1, 0.15) is 17.3 Å². The van der Waals surface area contributed by atoms with Crippen LogP contribution < -0.4 is 4.74 Å². The van der Waals surface area contributed by atoms with Gasteiger partial charge in [-0.1, -0.05) is 18.2 Å². The number of amides is 1. The minimum absolute atomic E-state index is 0.0599. The summed E-state index contributed by atoms with van der Waals surface area (Å²) in [4.78, 5) is 26.3. The van der Waals surface area contributed by atoms with E-state index in [-0.39, 0.29) is 24.4 Å². The molecule has 2 aliphatic rings. The molecule has 0 bridgehead atoms. The Morgan fingerprint density at radius 3 is 2.72 bits per heavy atom. The predicted octanol–water partition coefficient (Wildman–Crippen LogP) is 3.70. The Morgan fingerprint density at radius 2 is 2.03 bits per heavy atom. The Balaban J connectivity index is 1.49. The topological polar surface area (TPSA) is 83.2 Å². The minimum atomic E-state index is -0.315. The van der Waals surface area contributed by atoms with E-state index in [0.717, 1.165) is 22.5 Å². The molecule has 5 rings (SSSR count). The Bertz CT molecular complexity index is 1330. The van der Waals surface area contributed by atoms with E-state index in [9.17, 15) is 14.3 Å². The fraction of sp³-hybridized carbons (Fsp3) is 0.296. The highest BCUT2D eigenvalue weighted by atomic mass is 19.1. The number of carbonyl (C=O) groups is 1. The van der Waals surface area contributed by atoms with Crippen molar-refractivity contribution in [1.82, 2.24) is 19.4 Å². The fourth-order valence-electron chi connectivity index (χ4n) is 4.71. The van der Waals surface area contributed by atoms with E-state index in [2.05, 4.69) is 4.98 Å². The number of aliphatic hydroxyl groups excluding tert-OH is 1. The van der Waals surface area contributed by atoms with Crippen molar-refractivity contribution in [2.24, 2.45) is 4.99 Å². The molecular formula is C27H28FN5O3. The van der Waals surface area contributed by atoms with Gasteiger partial charge in [-0.3, -0.25) is 9.69 Å². The van der Waals surface area contributed by atoms with Crippen molar-refractivity contribution in [3.8, 4) is 11.4 Å². The van der Waals surface area contributed by atoms with Crippen LogP contribution in [0.5, 0.6) is 5.75 Å². The van der Waals surface area contributed by atoms with Crippen molar-refractivity contribution in [3.63, 3.8) is 0 Å². The van der Waals surface area contributed by atoms with E-state index in [1.165, 1.54) is 12.1 Å². The van der Waals surface area contributed by atoms with Crippen LogP contribution in [-0.2, 0) is 4.79 Å². The summed E-state index contributed by atoms with van der Waals surface area (Å²) in [5.41, 5.74) is 3.70. The number of aliphatic hydroxyl groups is 1. The summed E-state index contributed by atoms with van der Waals surface area (Å²) in [5.74, 6) is 0.690. The Kier molecular flexibility index (Phi) is 6.56. The van der Waals surface area contributed by atoms with Gasteiger partial charge in [0.05, 0.1) is 30.9 Å². The Morgan fingerprint density at radius 1 is 1.22 bits per heavy atom. The van der Waals surface area contributed by atoms with E-state index in [4.69, 9.17) is 9.73 Å². The lowest BCUT2D eigenvalue weighted by molar-refractivity contribution is -0.125. The third-order valence-electron chi connectivity index (χ3n) is 6.48. The quantitative estimate of drug-likeness (QED) is 0.512. The summed E-state index contributed by atoms with van der Waals surface area (Å²) < 4.78 is 21.0. The van der Waals surface area contributed by atoms with Crippen LogP contribution in [0.15, 0.2) is 65.7 Å². The molecule has 1 atom stereocenters. The monoisotopic (exact) mass is 489 g/mol. The zero-order chi connectivity index (χ0) is 25.2. The second-order valence-corrected chi connectivity index (χ2v) is 8.89. The van der Waals surface area contributed by atoms with E-state index in [1.54, 1.807) is 36.5 Å². The number of methoxy groups -OCH3 is 1. The molecule has 3 aromatic rings. The molecule has 1 amide bonds. The molecule has 0 radical (unpaired) electrons. The van der Waals surface area contributed by atoms with Gasteiger partial charge in [-0.05, 0) is 61.2 Å². The first-order valence-electron chi connectivity index (χ1n) is 11.9. The smallest absolute Gasteiger partial charge is 0.279 e. The third-order valence-corrected chi connectivity index (χ3v) is 6.48. The number of fused-ring (bicyclic) bond motifs is 1. The zero-order valence-electron chi connectivity index (χ0n) is 20.3. The largest absolute Gasteiger partial charge is 0.495 e. The molecule has 0 spiro atoms. The number of rotatable bonds is 7. The van der Waals surface area contributed by atoms with Crippen molar-refractivity contribution < 1.29 is 19.0 Å². The van der Waals surface area contributed by atoms with Crippen molar-refractivity contribution in [2.75, 3.05) is 26.8 Å². The molecule has 1 N–H and O–H groups in total. The lowest BCUT2D eigenvalue weighted by Gasteiger charge is -2.40. The number of guanidine groups is 1. The summed E-state index contributed by atoms with van der Waals surface area (Å²) >= 11 is 0. The fourth-order valence-corrected chi connectivity index (χ4v) is 4.71. The zero-order valence-corrected chi connectivity index (χ0v) is 20.3. The van der Waals surface area contributed by atoms with Crippen molar-refractivity contribution >= 4 is 17.9 Å². The number of ether oxygens (including phenoxy) is 1. The molecule has 0 aliphatic carbocycles. The van der Waals surface area contributed by atoms with Crippen molar-refractivity contribution in [1.29, 1.82) is 0 Å². The van der Waals surface area contributed by atoms with Gasteiger partial charge in [-0.25, -0.2) is 14.4 Å². The maximum absolute atomic E-state index is 13.6. The molecular weight excluding hydrogens is 461 g/mol. The second kappa shape index (κ2) is 9.94. The standard InChI is InChI=1S/C27H28FN5O3/c1-18-16-32(17-29-18)24-9-4-19(15-25(24)36-2)14-22-26(35)33-23(20-5-7-21(28)8-6-20)10-12-31(11-3-13-34)27(33)30-22/h4-9,14-17,23,34H,3,10-13H2,1-2H3/b22-14-/t23-/m0/s1. The first kappa shape index (κ1) is 23.7. The Hall–Kier alpha value is -3.98. The van der Waals surface area contributed by atoms with Gasteiger partial charge in [0.25, 0.3) is 5.91 Å². The molecule has 186 valence electrons. The number of imidazole rings is 1. The SMILES string of the molecule is COc1cc(/C=C2\N=C3N(CCCO)CC[C@@H](c4ccc(F)cc4)N3C2=O)ccc1-n1cnc(C)c1. The van der Waals surface area contributed by atoms with Crippen LogP contribution >= 0.6 is 0 Å². The lowest BCUT2D eigenvalue weighted by Crippen LogP contribution is -2.51. The summed E-state index contributed by atoms with van der Waals surface area (Å²) in [6, 6.07) is 11.7. The molecule has 36 heavy (non-hydrogen) atoms. The molecule has 2 aromatic carbocycles. The van der Waals surface area contributed by atoms with Gasteiger partial charge in [-0.15, -0.1) is 0 Å². The molecule has 1 saturated heterocycles. The minimum Gasteiger partial charge on any atom is -0.495 e. The lowest BCUT2D eigenvalue weighted by atomic mass is 9.99. The van der Waals surface area contributed by atoms with Crippen LogP contribution in [0, 0.1) is 12.7 Å². The molecule has 8 nitrogen and oxygen atoms in total. The average molecular weight is 490 g/mol. The number of aliphatic imine (C=N–C) groups is 1. The summed E-state index contributed by atoms with van der Waals surface area (Å²) in [7, 11) is 1.60. The second-order valence-electron chi connectivity index (χ2n) is 8.89. The van der Waals surface area contributed by atoms with Gasteiger partial charge in [0, 0.05) is 25.9 Å². The molecule has 0 saturated carbocycles.